The molecule has 0 bridgehead atoms. The number of carboxylic acid groups (broad SMARTS) is 1. The minimum absolute atomic E-state index is 0.237. The highest BCUT2D eigenvalue weighted by Crippen LogP contribution is 2.11. The van der Waals surface area contributed by atoms with Crippen LogP contribution in [0.4, 0.5) is 0 Å². The number of nitrogens with zero attached hydrogens (tertiary/aromatic N) is 1. The number of carbonyl (C=O) groups is 1. The van der Waals surface area contributed by atoms with Gasteiger partial charge in [-0.25, -0.2) is 0 Å². The van der Waals surface area contributed by atoms with Crippen LogP contribution in [0.2, 0.25) is 0 Å². The minimum Gasteiger partial charge on any atom is -0.503 e. The summed E-state index contributed by atoms with van der Waals surface area (Å²) in [6, 6.07) is 0.704. The molecular formula is C14H20N2O4S. The second kappa shape index (κ2) is 8.53. The number of aromatic hydroxyl groups is 1. The van der Waals surface area contributed by atoms with Gasteiger partial charge in [0.2, 0.25) is 5.43 Å². The zero-order valence-corrected chi connectivity index (χ0v) is 12.7. The molecule has 0 aromatic carbocycles. The molecule has 21 heavy (non-hydrogen) atoms. The third-order valence-corrected chi connectivity index (χ3v) is 4.02. The Bertz CT molecular complexity index is 556. The lowest BCUT2D eigenvalue weighted by Gasteiger charge is -2.14. The molecule has 0 aliphatic carbocycles. The molecule has 0 fully saturated rings. The zero-order chi connectivity index (χ0) is 15.8. The van der Waals surface area contributed by atoms with Crippen molar-refractivity contribution in [3.05, 3.63) is 40.8 Å². The standard InChI is InChI=1S/C14H20N2O4S/c1-3-5-15-11(14(19)20)9-21-8-7-16-6-4-12(17)13(18)10(16)2/h3-4,6,11,15,18H,1,5,7-9H2,2H3,(H,19,20)/t11-/m1/s1. The number of pyridine rings is 1. The van der Waals surface area contributed by atoms with E-state index in [0.29, 0.717) is 30.3 Å². The van der Waals surface area contributed by atoms with Gasteiger partial charge in [0, 0.05) is 36.9 Å². The zero-order valence-electron chi connectivity index (χ0n) is 11.9. The van der Waals surface area contributed by atoms with Crippen molar-refractivity contribution in [3.63, 3.8) is 0 Å². The molecule has 0 amide bonds. The number of aromatic nitrogens is 1. The van der Waals surface area contributed by atoms with Crippen LogP contribution in [0.25, 0.3) is 0 Å². The number of rotatable bonds is 9. The molecule has 7 heteroatoms. The fraction of sp³-hybridized carbons (Fsp3) is 0.429. The van der Waals surface area contributed by atoms with Crippen LogP contribution < -0.4 is 10.7 Å². The highest BCUT2D eigenvalue weighted by atomic mass is 32.2. The van der Waals surface area contributed by atoms with Gasteiger partial charge in [-0.05, 0) is 6.92 Å². The van der Waals surface area contributed by atoms with E-state index in [2.05, 4.69) is 11.9 Å². The van der Waals surface area contributed by atoms with E-state index in [1.165, 1.54) is 17.8 Å². The molecule has 0 saturated carbocycles. The second-order valence-corrected chi connectivity index (χ2v) is 5.62. The first-order valence-electron chi connectivity index (χ1n) is 6.51. The van der Waals surface area contributed by atoms with E-state index in [9.17, 15) is 14.7 Å². The molecule has 1 atom stereocenters. The average Bonchev–Trinajstić information content (AvgIpc) is 2.45. The van der Waals surface area contributed by atoms with Crippen LogP contribution in [0, 0.1) is 6.92 Å². The van der Waals surface area contributed by atoms with Crippen molar-refractivity contribution in [2.45, 2.75) is 19.5 Å². The van der Waals surface area contributed by atoms with Gasteiger partial charge in [0.15, 0.2) is 5.75 Å². The highest BCUT2D eigenvalue weighted by molar-refractivity contribution is 7.99. The van der Waals surface area contributed by atoms with Gasteiger partial charge in [-0.3, -0.25) is 9.59 Å². The molecule has 1 rings (SSSR count). The maximum atomic E-state index is 11.2. The Labute approximate surface area is 127 Å². The Morgan fingerprint density at radius 3 is 2.95 bits per heavy atom. The van der Waals surface area contributed by atoms with Crippen LogP contribution in [-0.2, 0) is 11.3 Å². The SMILES string of the molecule is C=CCN[C@H](CSCCn1ccc(=O)c(O)c1C)C(=O)O. The Morgan fingerprint density at radius 2 is 2.33 bits per heavy atom. The van der Waals surface area contributed by atoms with Crippen molar-refractivity contribution in [2.75, 3.05) is 18.1 Å². The maximum absolute atomic E-state index is 11.2. The molecule has 116 valence electrons. The fourth-order valence-corrected chi connectivity index (χ4v) is 2.70. The first-order chi connectivity index (χ1) is 9.97. The average molecular weight is 312 g/mol. The monoisotopic (exact) mass is 312 g/mol. The van der Waals surface area contributed by atoms with Gasteiger partial charge in [-0.1, -0.05) is 6.08 Å². The van der Waals surface area contributed by atoms with Crippen molar-refractivity contribution in [2.24, 2.45) is 0 Å². The number of hydrogen-bond acceptors (Lipinski definition) is 5. The largest absolute Gasteiger partial charge is 0.503 e. The van der Waals surface area contributed by atoms with Crippen molar-refractivity contribution in [1.29, 1.82) is 0 Å². The quantitative estimate of drug-likeness (QED) is 0.462. The summed E-state index contributed by atoms with van der Waals surface area (Å²) in [7, 11) is 0. The predicted octanol–water partition coefficient (Wildman–Crippen LogP) is 0.824. The molecule has 0 saturated heterocycles. The van der Waals surface area contributed by atoms with E-state index in [0.717, 1.165) is 0 Å². The summed E-state index contributed by atoms with van der Waals surface area (Å²) >= 11 is 1.50. The molecular weight excluding hydrogens is 292 g/mol. The van der Waals surface area contributed by atoms with E-state index >= 15 is 0 Å². The Hall–Kier alpha value is -1.73. The van der Waals surface area contributed by atoms with Gasteiger partial charge in [-0.15, -0.1) is 6.58 Å². The first-order valence-corrected chi connectivity index (χ1v) is 7.66. The molecule has 1 heterocycles. The Balaban J connectivity index is 2.46. The van der Waals surface area contributed by atoms with Crippen LogP contribution in [0.5, 0.6) is 5.75 Å². The topological polar surface area (TPSA) is 91.6 Å². The Kier molecular flexibility index (Phi) is 7.04. The van der Waals surface area contributed by atoms with Gasteiger partial charge in [0.1, 0.15) is 6.04 Å². The lowest BCUT2D eigenvalue weighted by atomic mass is 10.3. The Morgan fingerprint density at radius 1 is 1.62 bits per heavy atom. The van der Waals surface area contributed by atoms with Crippen molar-refractivity contribution >= 4 is 17.7 Å². The van der Waals surface area contributed by atoms with Gasteiger partial charge in [0.05, 0.1) is 5.69 Å². The number of thioether (sulfide) groups is 1. The third-order valence-electron chi connectivity index (χ3n) is 2.98. The fourth-order valence-electron chi connectivity index (χ4n) is 1.71. The molecule has 3 N–H and O–H groups in total. The maximum Gasteiger partial charge on any atom is 0.321 e. The molecule has 6 nitrogen and oxygen atoms in total. The third kappa shape index (κ3) is 5.28. The number of aliphatic carboxylic acids is 1. The molecule has 0 unspecified atom stereocenters. The van der Waals surface area contributed by atoms with E-state index in [4.69, 9.17) is 5.11 Å². The summed E-state index contributed by atoms with van der Waals surface area (Å²) in [5.41, 5.74) is 0.124. The normalized spacial score (nSPS) is 12.0. The lowest BCUT2D eigenvalue weighted by Crippen LogP contribution is -2.38. The van der Waals surface area contributed by atoms with Crippen LogP contribution in [0.1, 0.15) is 5.69 Å². The minimum atomic E-state index is -0.887. The number of hydrogen-bond donors (Lipinski definition) is 3. The van der Waals surface area contributed by atoms with Crippen molar-refractivity contribution in [3.8, 4) is 5.75 Å². The molecule has 0 radical (unpaired) electrons. The van der Waals surface area contributed by atoms with Crippen molar-refractivity contribution < 1.29 is 15.0 Å². The smallest absolute Gasteiger partial charge is 0.321 e. The van der Waals surface area contributed by atoms with Gasteiger partial charge in [-0.2, -0.15) is 11.8 Å². The van der Waals surface area contributed by atoms with E-state index in [1.54, 1.807) is 23.8 Å². The highest BCUT2D eigenvalue weighted by Gasteiger charge is 2.15. The summed E-state index contributed by atoms with van der Waals surface area (Å²) in [6.07, 6.45) is 3.25. The van der Waals surface area contributed by atoms with Crippen molar-refractivity contribution in [1.82, 2.24) is 9.88 Å². The molecule has 0 aliphatic heterocycles. The molecule has 1 aromatic heterocycles. The second-order valence-electron chi connectivity index (χ2n) is 4.47. The lowest BCUT2D eigenvalue weighted by molar-refractivity contribution is -0.138. The molecule has 1 aromatic rings. The van der Waals surface area contributed by atoms with Gasteiger partial charge in [0.25, 0.3) is 0 Å². The summed E-state index contributed by atoms with van der Waals surface area (Å²) in [5.74, 6) is -0.00278. The van der Waals surface area contributed by atoms with E-state index in [-0.39, 0.29) is 5.75 Å². The molecule has 0 spiro atoms. The summed E-state index contributed by atoms with van der Waals surface area (Å²) in [5, 5.41) is 21.5. The van der Waals surface area contributed by atoms with Gasteiger partial charge >= 0.3 is 5.97 Å². The number of carboxylic acids is 1. The first kappa shape index (κ1) is 17.3. The van der Waals surface area contributed by atoms with Crippen LogP contribution >= 0.6 is 11.8 Å². The number of aryl methyl sites for hydroxylation is 1. The summed E-state index contributed by atoms with van der Waals surface area (Å²) in [4.78, 5) is 22.3. The van der Waals surface area contributed by atoms with Gasteiger partial charge < -0.3 is 20.1 Å². The van der Waals surface area contributed by atoms with E-state index < -0.39 is 17.4 Å². The summed E-state index contributed by atoms with van der Waals surface area (Å²) in [6.45, 7) is 6.26. The molecule has 0 aliphatic rings. The van der Waals surface area contributed by atoms with Crippen LogP contribution in [0.3, 0.4) is 0 Å². The van der Waals surface area contributed by atoms with Crippen LogP contribution in [-0.4, -0.2) is 44.8 Å². The predicted molar refractivity (Wildman–Crippen MR) is 84.1 cm³/mol. The summed E-state index contributed by atoms with van der Waals surface area (Å²) < 4.78 is 1.77. The van der Waals surface area contributed by atoms with E-state index in [1.807, 2.05) is 0 Å². The number of nitrogens with one attached hydrogen (secondary N) is 1. The van der Waals surface area contributed by atoms with Crippen LogP contribution in [0.15, 0.2) is 29.7 Å².